The van der Waals surface area contributed by atoms with Gasteiger partial charge < -0.3 is 14.8 Å². The molecule has 0 spiro atoms. The molecule has 8 heteroatoms. The number of carbonyl (C=O) groups excluding carboxylic acids is 1. The Morgan fingerprint density at radius 1 is 1.12 bits per heavy atom. The van der Waals surface area contributed by atoms with Gasteiger partial charge in [-0.1, -0.05) is 12.1 Å². The van der Waals surface area contributed by atoms with E-state index < -0.39 is 0 Å². The average Bonchev–Trinajstić information content (AvgIpc) is 3.19. The van der Waals surface area contributed by atoms with Crippen molar-refractivity contribution in [3.05, 3.63) is 60.4 Å². The van der Waals surface area contributed by atoms with Gasteiger partial charge in [0, 0.05) is 0 Å². The number of ether oxygens (including phenoxy) is 2. The highest BCUT2D eigenvalue weighted by atomic mass is 16.5. The number of aryl methyl sites for hydroxylation is 1. The van der Waals surface area contributed by atoms with Gasteiger partial charge in [0.25, 0.3) is 5.91 Å². The van der Waals surface area contributed by atoms with Crippen LogP contribution in [0.5, 0.6) is 11.5 Å². The van der Waals surface area contributed by atoms with Gasteiger partial charge in [0.1, 0.15) is 24.4 Å². The molecule has 0 atom stereocenters. The molecule has 1 aromatic heterocycles. The van der Waals surface area contributed by atoms with Crippen LogP contribution < -0.4 is 14.8 Å². The van der Waals surface area contributed by atoms with E-state index in [9.17, 15) is 4.79 Å². The summed E-state index contributed by atoms with van der Waals surface area (Å²) in [7, 11) is 0. The van der Waals surface area contributed by atoms with Gasteiger partial charge in [-0.25, -0.2) is 4.68 Å². The van der Waals surface area contributed by atoms with Crippen LogP contribution in [0.1, 0.15) is 5.56 Å². The second kappa shape index (κ2) is 8.61. The van der Waals surface area contributed by atoms with E-state index in [2.05, 4.69) is 20.8 Å². The van der Waals surface area contributed by atoms with E-state index >= 15 is 0 Å². The van der Waals surface area contributed by atoms with Gasteiger partial charge in [-0.3, -0.25) is 4.79 Å². The lowest BCUT2D eigenvalue weighted by atomic mass is 10.2. The number of tetrazole rings is 1. The molecule has 0 aliphatic rings. The van der Waals surface area contributed by atoms with E-state index in [0.29, 0.717) is 18.9 Å². The highest BCUT2D eigenvalue weighted by Crippen LogP contribution is 2.14. The molecule has 0 unspecified atom stereocenters. The van der Waals surface area contributed by atoms with Crippen LogP contribution in [0.4, 0.5) is 0 Å². The lowest BCUT2D eigenvalue weighted by Crippen LogP contribution is -2.32. The monoisotopic (exact) mass is 353 g/mol. The fourth-order valence-electron chi connectivity index (χ4n) is 2.24. The molecule has 0 saturated carbocycles. The molecular formula is C18H19N5O3. The highest BCUT2D eigenvalue weighted by Gasteiger charge is 2.04. The van der Waals surface area contributed by atoms with Gasteiger partial charge in [-0.15, -0.1) is 5.10 Å². The Hall–Kier alpha value is -3.42. The Kier molecular flexibility index (Phi) is 5.76. The quantitative estimate of drug-likeness (QED) is 0.618. The number of nitrogens with one attached hydrogen (secondary N) is 1. The summed E-state index contributed by atoms with van der Waals surface area (Å²) in [6.45, 7) is 2.75. The van der Waals surface area contributed by atoms with Crippen molar-refractivity contribution in [2.45, 2.75) is 6.92 Å². The van der Waals surface area contributed by atoms with Gasteiger partial charge in [0.15, 0.2) is 6.61 Å². The van der Waals surface area contributed by atoms with Gasteiger partial charge in [-0.2, -0.15) is 0 Å². The van der Waals surface area contributed by atoms with Crippen LogP contribution in [0.2, 0.25) is 0 Å². The summed E-state index contributed by atoms with van der Waals surface area (Å²) in [5.41, 5.74) is 1.94. The van der Waals surface area contributed by atoms with Crippen LogP contribution in [0.3, 0.4) is 0 Å². The van der Waals surface area contributed by atoms with E-state index in [1.807, 2.05) is 31.2 Å². The normalized spacial score (nSPS) is 10.3. The molecule has 2 aromatic carbocycles. The number of rotatable bonds is 8. The Morgan fingerprint density at radius 3 is 2.69 bits per heavy atom. The van der Waals surface area contributed by atoms with E-state index in [4.69, 9.17) is 9.47 Å². The predicted octanol–water partition coefficient (Wildman–Crippen LogP) is 1.54. The molecule has 0 bridgehead atoms. The van der Waals surface area contributed by atoms with Crippen molar-refractivity contribution in [3.8, 4) is 17.2 Å². The van der Waals surface area contributed by atoms with Crippen LogP contribution in [0.25, 0.3) is 5.69 Å². The smallest absolute Gasteiger partial charge is 0.258 e. The molecule has 0 aliphatic heterocycles. The van der Waals surface area contributed by atoms with Gasteiger partial charge in [0.2, 0.25) is 0 Å². The molecule has 3 rings (SSSR count). The molecule has 134 valence electrons. The summed E-state index contributed by atoms with van der Waals surface area (Å²) in [6.07, 6.45) is 1.50. The van der Waals surface area contributed by atoms with Gasteiger partial charge in [0.05, 0.1) is 12.2 Å². The molecule has 26 heavy (non-hydrogen) atoms. The Balaban J connectivity index is 1.36. The summed E-state index contributed by atoms with van der Waals surface area (Å²) in [4.78, 5) is 11.8. The largest absolute Gasteiger partial charge is 0.492 e. The van der Waals surface area contributed by atoms with Gasteiger partial charge in [-0.05, 0) is 59.3 Å². The second-order valence-electron chi connectivity index (χ2n) is 5.55. The maximum Gasteiger partial charge on any atom is 0.258 e. The predicted molar refractivity (Wildman–Crippen MR) is 94.3 cm³/mol. The number of aromatic nitrogens is 4. The molecule has 0 saturated heterocycles. The minimum atomic E-state index is -0.206. The molecule has 1 N–H and O–H groups in total. The number of hydrogen-bond acceptors (Lipinski definition) is 6. The first kappa shape index (κ1) is 17.4. The van der Waals surface area contributed by atoms with Crippen molar-refractivity contribution < 1.29 is 14.3 Å². The Labute approximate surface area is 150 Å². The fraction of sp³-hybridized carbons (Fsp3) is 0.222. The lowest BCUT2D eigenvalue weighted by molar-refractivity contribution is -0.123. The summed E-state index contributed by atoms with van der Waals surface area (Å²) in [5.74, 6) is 1.17. The molecule has 8 nitrogen and oxygen atoms in total. The second-order valence-corrected chi connectivity index (χ2v) is 5.55. The maximum absolute atomic E-state index is 11.8. The molecule has 1 amide bonds. The molecule has 0 fully saturated rings. The van der Waals surface area contributed by atoms with E-state index in [0.717, 1.165) is 17.0 Å². The first-order valence-corrected chi connectivity index (χ1v) is 8.13. The van der Waals surface area contributed by atoms with Crippen LogP contribution in [0, 0.1) is 6.92 Å². The topological polar surface area (TPSA) is 91.2 Å². The van der Waals surface area contributed by atoms with Crippen molar-refractivity contribution in [1.82, 2.24) is 25.5 Å². The van der Waals surface area contributed by atoms with Crippen molar-refractivity contribution in [2.24, 2.45) is 0 Å². The van der Waals surface area contributed by atoms with Crippen molar-refractivity contribution in [1.29, 1.82) is 0 Å². The molecule has 3 aromatic rings. The zero-order valence-electron chi connectivity index (χ0n) is 14.3. The zero-order valence-corrected chi connectivity index (χ0v) is 14.3. The molecule has 1 heterocycles. The molecular weight excluding hydrogens is 334 g/mol. The number of amides is 1. The number of benzene rings is 2. The van der Waals surface area contributed by atoms with Crippen LogP contribution in [0.15, 0.2) is 54.9 Å². The first-order chi connectivity index (χ1) is 12.7. The highest BCUT2D eigenvalue weighted by molar-refractivity contribution is 5.77. The summed E-state index contributed by atoms with van der Waals surface area (Å²) in [5, 5.41) is 13.7. The molecule has 0 radical (unpaired) electrons. The van der Waals surface area contributed by atoms with Crippen LogP contribution in [-0.2, 0) is 4.79 Å². The third kappa shape index (κ3) is 5.04. The minimum Gasteiger partial charge on any atom is -0.492 e. The summed E-state index contributed by atoms with van der Waals surface area (Å²) in [6, 6.07) is 14.9. The number of carbonyl (C=O) groups is 1. The Bertz CT molecular complexity index is 834. The third-order valence-electron chi connectivity index (χ3n) is 3.50. The maximum atomic E-state index is 11.8. The van der Waals surface area contributed by atoms with E-state index in [1.54, 1.807) is 24.3 Å². The zero-order chi connectivity index (χ0) is 18.2. The van der Waals surface area contributed by atoms with E-state index in [-0.39, 0.29) is 12.5 Å². The van der Waals surface area contributed by atoms with Crippen LogP contribution in [-0.4, -0.2) is 45.9 Å². The summed E-state index contributed by atoms with van der Waals surface area (Å²) >= 11 is 0. The van der Waals surface area contributed by atoms with Gasteiger partial charge >= 0.3 is 0 Å². The number of nitrogens with zero attached hydrogens (tertiary/aromatic N) is 4. The minimum absolute atomic E-state index is 0.0608. The third-order valence-corrected chi connectivity index (χ3v) is 3.50. The lowest BCUT2D eigenvalue weighted by Gasteiger charge is -2.09. The van der Waals surface area contributed by atoms with E-state index in [1.165, 1.54) is 11.0 Å². The van der Waals surface area contributed by atoms with Crippen LogP contribution >= 0.6 is 0 Å². The van der Waals surface area contributed by atoms with Crippen molar-refractivity contribution in [2.75, 3.05) is 19.8 Å². The summed E-state index contributed by atoms with van der Waals surface area (Å²) < 4.78 is 12.6. The Morgan fingerprint density at radius 2 is 1.96 bits per heavy atom. The SMILES string of the molecule is Cc1cccc(OCCNC(=O)COc2ccc(-n3cnnn3)cc2)c1. The average molecular weight is 353 g/mol. The van der Waals surface area contributed by atoms with Crippen molar-refractivity contribution in [3.63, 3.8) is 0 Å². The first-order valence-electron chi connectivity index (χ1n) is 8.13. The standard InChI is InChI=1S/C18H19N5O3/c1-14-3-2-4-17(11-14)25-10-9-19-18(24)12-26-16-7-5-15(6-8-16)23-13-20-21-22-23/h2-8,11,13H,9-10,12H2,1H3,(H,19,24). The molecule has 0 aliphatic carbocycles. The van der Waals surface area contributed by atoms with Crippen molar-refractivity contribution >= 4 is 5.91 Å². The fourth-order valence-corrected chi connectivity index (χ4v) is 2.24. The number of hydrogen-bond donors (Lipinski definition) is 1.